The Balaban J connectivity index is 2.49. The molecule has 0 spiro atoms. The maximum atomic E-state index is 12.0. The Kier molecular flexibility index (Phi) is 5.47. The van der Waals surface area contributed by atoms with Gasteiger partial charge in [-0.1, -0.05) is 13.8 Å². The summed E-state index contributed by atoms with van der Waals surface area (Å²) in [6.45, 7) is 3.15. The summed E-state index contributed by atoms with van der Waals surface area (Å²) in [5.74, 6) is 0.710. The van der Waals surface area contributed by atoms with E-state index in [4.69, 9.17) is 0 Å². The van der Waals surface area contributed by atoms with Crippen LogP contribution in [0.15, 0.2) is 18.3 Å². The molecule has 0 saturated carbocycles. The van der Waals surface area contributed by atoms with Gasteiger partial charge in [-0.2, -0.15) is 8.78 Å². The number of alkyl halides is 2. The molecule has 0 unspecified atom stereocenters. The van der Waals surface area contributed by atoms with Crippen LogP contribution in [0.1, 0.15) is 13.8 Å². The van der Waals surface area contributed by atoms with Crippen molar-refractivity contribution < 1.29 is 13.5 Å². The minimum atomic E-state index is -2.82. The topological polar surface area (TPSA) is 37.4 Å². The summed E-state index contributed by atoms with van der Waals surface area (Å²) in [4.78, 5) is 6.15. The van der Waals surface area contributed by atoms with Crippen molar-refractivity contribution >= 4 is 5.82 Å². The predicted molar refractivity (Wildman–Crippen MR) is 71.7 cm³/mol. The van der Waals surface area contributed by atoms with E-state index in [1.807, 2.05) is 14.1 Å². The number of nitrogens with zero attached hydrogens (tertiary/aromatic N) is 2. The summed E-state index contributed by atoms with van der Waals surface area (Å²) in [6.07, 6.45) is 1.29. The Labute approximate surface area is 112 Å². The van der Waals surface area contributed by atoms with E-state index in [1.165, 1.54) is 12.3 Å². The van der Waals surface area contributed by atoms with Crippen LogP contribution in [0.4, 0.5) is 14.6 Å². The van der Waals surface area contributed by atoms with Gasteiger partial charge in [0.2, 0.25) is 0 Å². The zero-order chi connectivity index (χ0) is 14.5. The van der Waals surface area contributed by atoms with Gasteiger partial charge in [0, 0.05) is 13.1 Å². The first kappa shape index (κ1) is 15.6. The second-order valence-electron chi connectivity index (χ2n) is 5.51. The van der Waals surface area contributed by atoms with Crippen LogP contribution < -0.4 is 10.1 Å². The van der Waals surface area contributed by atoms with Gasteiger partial charge in [-0.15, -0.1) is 0 Å². The van der Waals surface area contributed by atoms with Crippen LogP contribution in [0.5, 0.6) is 5.75 Å². The fourth-order valence-electron chi connectivity index (χ4n) is 1.90. The third-order valence-corrected chi connectivity index (χ3v) is 2.45. The highest BCUT2D eigenvalue weighted by atomic mass is 19.3. The highest BCUT2D eigenvalue weighted by Gasteiger charge is 2.18. The summed E-state index contributed by atoms with van der Waals surface area (Å²) in [6, 6.07) is 3.10. The van der Waals surface area contributed by atoms with Gasteiger partial charge in [-0.05, 0) is 31.6 Å². The number of hydrogen-bond donors (Lipinski definition) is 1. The molecular weight excluding hydrogens is 252 g/mol. The largest absolute Gasteiger partial charge is 0.433 e. The van der Waals surface area contributed by atoms with Crippen molar-refractivity contribution in [1.29, 1.82) is 0 Å². The van der Waals surface area contributed by atoms with Gasteiger partial charge in [0.1, 0.15) is 11.6 Å². The molecule has 0 fully saturated rings. The van der Waals surface area contributed by atoms with Crippen molar-refractivity contribution in [2.24, 2.45) is 5.41 Å². The van der Waals surface area contributed by atoms with Gasteiger partial charge >= 0.3 is 6.61 Å². The monoisotopic (exact) mass is 273 g/mol. The second-order valence-corrected chi connectivity index (χ2v) is 5.51. The van der Waals surface area contributed by atoms with Crippen LogP contribution in [0, 0.1) is 5.41 Å². The van der Waals surface area contributed by atoms with Crippen LogP contribution in [0.25, 0.3) is 0 Å². The van der Waals surface area contributed by atoms with E-state index in [0.29, 0.717) is 5.82 Å². The molecule has 19 heavy (non-hydrogen) atoms. The molecule has 1 N–H and O–H groups in total. The molecule has 0 aliphatic rings. The third-order valence-electron chi connectivity index (χ3n) is 2.45. The van der Waals surface area contributed by atoms with Crippen LogP contribution in [0.3, 0.4) is 0 Å². The normalized spacial score (nSPS) is 12.0. The molecule has 6 heteroatoms. The molecule has 0 aliphatic carbocycles. The molecule has 0 saturated heterocycles. The minimum Gasteiger partial charge on any atom is -0.433 e. The van der Waals surface area contributed by atoms with E-state index < -0.39 is 6.61 Å². The van der Waals surface area contributed by atoms with Crippen molar-refractivity contribution in [2.45, 2.75) is 20.5 Å². The van der Waals surface area contributed by atoms with Crippen molar-refractivity contribution in [1.82, 2.24) is 9.88 Å². The number of pyridine rings is 1. The molecule has 1 heterocycles. The lowest BCUT2D eigenvalue weighted by atomic mass is 9.93. The Morgan fingerprint density at radius 3 is 2.53 bits per heavy atom. The number of halogens is 2. The number of hydrogen-bond acceptors (Lipinski definition) is 4. The van der Waals surface area contributed by atoms with E-state index in [0.717, 1.165) is 13.1 Å². The second kappa shape index (κ2) is 6.65. The van der Waals surface area contributed by atoms with Crippen molar-refractivity contribution in [3.8, 4) is 5.75 Å². The summed E-state index contributed by atoms with van der Waals surface area (Å²) in [5.41, 5.74) is 0.0866. The van der Waals surface area contributed by atoms with Crippen LogP contribution >= 0.6 is 0 Å². The molecule has 1 aromatic heterocycles. The van der Waals surface area contributed by atoms with Crippen LogP contribution in [-0.2, 0) is 0 Å². The first-order valence-electron chi connectivity index (χ1n) is 6.08. The van der Waals surface area contributed by atoms with Gasteiger partial charge in [0.05, 0.1) is 6.20 Å². The predicted octanol–water partition coefficient (Wildman–Crippen LogP) is 2.68. The maximum absolute atomic E-state index is 12.0. The molecule has 108 valence electrons. The zero-order valence-electron chi connectivity index (χ0n) is 11.8. The van der Waals surface area contributed by atoms with Crippen LogP contribution in [-0.4, -0.2) is 43.7 Å². The van der Waals surface area contributed by atoms with Crippen molar-refractivity contribution in [2.75, 3.05) is 32.5 Å². The fraction of sp³-hybridized carbons (Fsp3) is 0.615. The Hall–Kier alpha value is -1.43. The molecular formula is C13H21F2N3O. The molecule has 4 nitrogen and oxygen atoms in total. The minimum absolute atomic E-state index is 0.0631. The highest BCUT2D eigenvalue weighted by molar-refractivity contribution is 5.37. The van der Waals surface area contributed by atoms with Crippen molar-refractivity contribution in [3.63, 3.8) is 0 Å². The van der Waals surface area contributed by atoms with Gasteiger partial charge in [0.25, 0.3) is 0 Å². The molecule has 0 radical (unpaired) electrons. The number of nitrogens with one attached hydrogen (secondary N) is 1. The molecule has 0 atom stereocenters. The van der Waals surface area contributed by atoms with Crippen molar-refractivity contribution in [3.05, 3.63) is 18.3 Å². The first-order chi connectivity index (χ1) is 8.78. The standard InChI is InChI=1S/C13H21F2N3O/c1-13(2,9-18(3)4)8-17-11-6-5-10(7-16-11)19-12(14)15/h5-7,12H,8-9H2,1-4H3,(H,16,17). The lowest BCUT2D eigenvalue weighted by Crippen LogP contribution is -2.34. The lowest BCUT2D eigenvalue weighted by molar-refractivity contribution is -0.0500. The van der Waals surface area contributed by atoms with Gasteiger partial charge in [-0.25, -0.2) is 4.98 Å². The van der Waals surface area contributed by atoms with E-state index >= 15 is 0 Å². The SMILES string of the molecule is CN(C)CC(C)(C)CNc1ccc(OC(F)F)cn1. The Bertz CT molecular complexity index is 380. The highest BCUT2D eigenvalue weighted by Crippen LogP contribution is 2.18. The molecule has 0 aromatic carbocycles. The van der Waals surface area contributed by atoms with E-state index in [9.17, 15) is 8.78 Å². The Morgan fingerprint density at radius 1 is 1.37 bits per heavy atom. The smallest absolute Gasteiger partial charge is 0.387 e. The fourth-order valence-corrected chi connectivity index (χ4v) is 1.90. The third kappa shape index (κ3) is 6.33. The average Bonchev–Trinajstić information content (AvgIpc) is 2.25. The summed E-state index contributed by atoms with van der Waals surface area (Å²) >= 11 is 0. The molecule has 0 bridgehead atoms. The van der Waals surface area contributed by atoms with E-state index in [1.54, 1.807) is 6.07 Å². The number of rotatable bonds is 7. The Morgan fingerprint density at radius 2 is 2.05 bits per heavy atom. The summed E-state index contributed by atoms with van der Waals surface area (Å²) in [7, 11) is 4.05. The molecule has 1 rings (SSSR count). The molecule has 0 aliphatic heterocycles. The molecule has 0 amide bonds. The van der Waals surface area contributed by atoms with Gasteiger partial charge < -0.3 is 15.0 Å². The van der Waals surface area contributed by atoms with Gasteiger partial charge in [-0.3, -0.25) is 0 Å². The number of anilines is 1. The van der Waals surface area contributed by atoms with Crippen LogP contribution in [0.2, 0.25) is 0 Å². The summed E-state index contributed by atoms with van der Waals surface area (Å²) in [5, 5.41) is 3.19. The number of aromatic nitrogens is 1. The maximum Gasteiger partial charge on any atom is 0.387 e. The van der Waals surface area contributed by atoms with E-state index in [2.05, 4.69) is 33.8 Å². The number of ether oxygens (including phenoxy) is 1. The first-order valence-corrected chi connectivity index (χ1v) is 6.08. The zero-order valence-corrected chi connectivity index (χ0v) is 11.8. The van der Waals surface area contributed by atoms with Gasteiger partial charge in [0.15, 0.2) is 0 Å². The summed E-state index contributed by atoms with van der Waals surface area (Å²) < 4.78 is 28.2. The quantitative estimate of drug-likeness (QED) is 0.829. The van der Waals surface area contributed by atoms with E-state index in [-0.39, 0.29) is 11.2 Å². The average molecular weight is 273 g/mol. The lowest BCUT2D eigenvalue weighted by Gasteiger charge is -2.28. The molecule has 1 aromatic rings.